The molecule has 4 rings (SSSR count). The number of rotatable bonds is 2. The van der Waals surface area contributed by atoms with Gasteiger partial charge in [0.05, 0.1) is 15.1 Å². The van der Waals surface area contributed by atoms with Crippen LogP contribution in [0.15, 0.2) is 54.0 Å². The predicted octanol–water partition coefficient (Wildman–Crippen LogP) is 3.91. The van der Waals surface area contributed by atoms with Crippen LogP contribution in [0.3, 0.4) is 0 Å². The van der Waals surface area contributed by atoms with E-state index in [9.17, 15) is 4.79 Å². The topological polar surface area (TPSA) is 47.8 Å². The Balaban J connectivity index is 1.72. The van der Waals surface area contributed by atoms with Crippen molar-refractivity contribution in [3.8, 4) is 10.7 Å². The van der Waals surface area contributed by atoms with Crippen LogP contribution in [0.1, 0.15) is 9.67 Å². The first-order chi connectivity index (χ1) is 10.3. The Hall–Kier alpha value is -2.31. The van der Waals surface area contributed by atoms with E-state index in [-0.39, 0.29) is 5.91 Å². The zero-order valence-corrected chi connectivity index (χ0v) is 12.4. The van der Waals surface area contributed by atoms with Crippen LogP contribution in [-0.4, -0.2) is 20.7 Å². The number of thiazole rings is 1. The van der Waals surface area contributed by atoms with Crippen molar-refractivity contribution in [2.75, 3.05) is 0 Å². The number of carbonyl (C=O) groups is 1. The fourth-order valence-electron chi connectivity index (χ4n) is 2.05. The molecule has 4 aromatic rings. The van der Waals surface area contributed by atoms with Crippen molar-refractivity contribution in [1.82, 2.24) is 14.8 Å². The number of thiophene rings is 1. The molecular weight excluding hydrogens is 302 g/mol. The second kappa shape index (κ2) is 4.91. The lowest BCUT2D eigenvalue weighted by molar-refractivity contribution is 0.0949. The number of benzene rings is 1. The number of hydrogen-bond donors (Lipinski definition) is 0. The molecule has 4 nitrogen and oxygen atoms in total. The molecule has 0 N–H and O–H groups in total. The van der Waals surface area contributed by atoms with E-state index in [0.717, 1.165) is 20.9 Å². The summed E-state index contributed by atoms with van der Waals surface area (Å²) < 4.78 is 2.49. The summed E-state index contributed by atoms with van der Waals surface area (Å²) in [5, 5.41) is 7.06. The van der Waals surface area contributed by atoms with Crippen molar-refractivity contribution in [1.29, 1.82) is 0 Å². The van der Waals surface area contributed by atoms with Gasteiger partial charge in [-0.25, -0.2) is 9.67 Å². The Kier molecular flexibility index (Phi) is 2.90. The van der Waals surface area contributed by atoms with Crippen molar-refractivity contribution in [2.45, 2.75) is 0 Å². The Bertz CT molecular complexity index is 888. The smallest absolute Gasteiger partial charge is 0.266 e. The van der Waals surface area contributed by atoms with Gasteiger partial charge in [0, 0.05) is 6.20 Å². The summed E-state index contributed by atoms with van der Waals surface area (Å²) in [7, 11) is 0. The molecule has 0 spiro atoms. The molecule has 0 saturated carbocycles. The van der Waals surface area contributed by atoms with Crippen molar-refractivity contribution >= 4 is 38.8 Å². The van der Waals surface area contributed by atoms with Crippen LogP contribution in [-0.2, 0) is 0 Å². The van der Waals surface area contributed by atoms with E-state index >= 15 is 0 Å². The first kappa shape index (κ1) is 12.4. The third-order valence-electron chi connectivity index (χ3n) is 3.04. The molecule has 102 valence electrons. The SMILES string of the molecule is O=C(c1cccs1)n1ccc(-c2nc3ccccc3s2)n1. The number of fused-ring (bicyclic) bond motifs is 1. The number of aromatic nitrogens is 3. The lowest BCUT2D eigenvalue weighted by atomic mass is 10.3. The molecule has 0 aliphatic heterocycles. The van der Waals surface area contributed by atoms with Gasteiger partial charge in [0.1, 0.15) is 10.7 Å². The van der Waals surface area contributed by atoms with Crippen molar-refractivity contribution in [3.63, 3.8) is 0 Å². The predicted molar refractivity (Wildman–Crippen MR) is 84.9 cm³/mol. The maximum atomic E-state index is 12.2. The highest BCUT2D eigenvalue weighted by molar-refractivity contribution is 7.21. The molecular formula is C15H9N3OS2. The number of hydrogen-bond acceptors (Lipinski definition) is 5. The molecule has 0 atom stereocenters. The highest BCUT2D eigenvalue weighted by Crippen LogP contribution is 2.28. The highest BCUT2D eigenvalue weighted by Gasteiger charge is 2.14. The number of nitrogens with zero attached hydrogens (tertiary/aromatic N) is 3. The van der Waals surface area contributed by atoms with Crippen molar-refractivity contribution in [2.24, 2.45) is 0 Å². The maximum Gasteiger partial charge on any atom is 0.288 e. The van der Waals surface area contributed by atoms with Crippen LogP contribution in [0, 0.1) is 0 Å². The minimum absolute atomic E-state index is 0.114. The Morgan fingerprint density at radius 1 is 1.10 bits per heavy atom. The van der Waals surface area contributed by atoms with Crippen LogP contribution in [0.4, 0.5) is 0 Å². The third-order valence-corrected chi connectivity index (χ3v) is 4.96. The molecule has 0 aliphatic carbocycles. The first-order valence-corrected chi connectivity index (χ1v) is 8.01. The fourth-order valence-corrected chi connectivity index (χ4v) is 3.63. The largest absolute Gasteiger partial charge is 0.288 e. The van der Waals surface area contributed by atoms with Crippen LogP contribution < -0.4 is 0 Å². The Morgan fingerprint density at radius 2 is 2.00 bits per heavy atom. The van der Waals surface area contributed by atoms with E-state index < -0.39 is 0 Å². The van der Waals surface area contributed by atoms with E-state index in [4.69, 9.17) is 0 Å². The van der Waals surface area contributed by atoms with Gasteiger partial charge >= 0.3 is 0 Å². The van der Waals surface area contributed by atoms with Gasteiger partial charge in [-0.2, -0.15) is 5.10 Å². The van der Waals surface area contributed by atoms with Gasteiger partial charge in [-0.15, -0.1) is 22.7 Å². The van der Waals surface area contributed by atoms with Crippen LogP contribution in [0.5, 0.6) is 0 Å². The summed E-state index contributed by atoms with van der Waals surface area (Å²) in [6.07, 6.45) is 1.68. The fraction of sp³-hybridized carbons (Fsp3) is 0. The summed E-state index contributed by atoms with van der Waals surface area (Å²) in [4.78, 5) is 17.4. The summed E-state index contributed by atoms with van der Waals surface area (Å²) in [5.41, 5.74) is 1.68. The summed E-state index contributed by atoms with van der Waals surface area (Å²) in [6, 6.07) is 13.4. The lowest BCUT2D eigenvalue weighted by Gasteiger charge is -1.95. The van der Waals surface area contributed by atoms with Gasteiger partial charge in [-0.1, -0.05) is 18.2 Å². The molecule has 21 heavy (non-hydrogen) atoms. The zero-order chi connectivity index (χ0) is 14.2. The van der Waals surface area contributed by atoms with Gasteiger partial charge in [0.15, 0.2) is 0 Å². The quantitative estimate of drug-likeness (QED) is 0.564. The monoisotopic (exact) mass is 311 g/mol. The summed E-state index contributed by atoms with van der Waals surface area (Å²) in [5.74, 6) is -0.114. The van der Waals surface area contributed by atoms with E-state index in [1.54, 1.807) is 23.6 Å². The average molecular weight is 311 g/mol. The van der Waals surface area contributed by atoms with Gasteiger partial charge in [-0.3, -0.25) is 4.79 Å². The van der Waals surface area contributed by atoms with E-state index in [2.05, 4.69) is 10.1 Å². The van der Waals surface area contributed by atoms with Crippen LogP contribution in [0.25, 0.3) is 20.9 Å². The van der Waals surface area contributed by atoms with Crippen LogP contribution >= 0.6 is 22.7 Å². The second-order valence-electron chi connectivity index (χ2n) is 4.41. The lowest BCUT2D eigenvalue weighted by Crippen LogP contribution is -2.10. The minimum atomic E-state index is -0.114. The molecule has 0 saturated heterocycles. The van der Waals surface area contributed by atoms with E-state index in [1.165, 1.54) is 16.0 Å². The molecule has 0 amide bonds. The Morgan fingerprint density at radius 3 is 2.81 bits per heavy atom. The average Bonchev–Trinajstić information content (AvgIpc) is 3.24. The molecule has 0 unspecified atom stereocenters. The molecule has 1 aromatic carbocycles. The van der Waals surface area contributed by atoms with E-state index in [1.807, 2.05) is 41.8 Å². The summed E-state index contributed by atoms with van der Waals surface area (Å²) in [6.45, 7) is 0. The molecule has 3 aromatic heterocycles. The first-order valence-electron chi connectivity index (χ1n) is 6.31. The van der Waals surface area contributed by atoms with E-state index in [0.29, 0.717) is 4.88 Å². The molecule has 0 bridgehead atoms. The molecule has 0 radical (unpaired) electrons. The highest BCUT2D eigenvalue weighted by atomic mass is 32.1. The minimum Gasteiger partial charge on any atom is -0.266 e. The molecule has 3 heterocycles. The number of carbonyl (C=O) groups excluding carboxylic acids is 1. The van der Waals surface area contributed by atoms with Gasteiger partial charge in [0.2, 0.25) is 0 Å². The van der Waals surface area contributed by atoms with Gasteiger partial charge in [0.25, 0.3) is 5.91 Å². The molecule has 6 heteroatoms. The maximum absolute atomic E-state index is 12.2. The normalized spacial score (nSPS) is 11.0. The van der Waals surface area contributed by atoms with Crippen molar-refractivity contribution in [3.05, 3.63) is 58.9 Å². The van der Waals surface area contributed by atoms with Crippen molar-refractivity contribution < 1.29 is 4.79 Å². The standard InChI is InChI=1S/C15H9N3OS2/c19-15(13-6-3-9-20-13)18-8-7-11(17-18)14-16-10-4-1-2-5-12(10)21-14/h1-9H. The zero-order valence-electron chi connectivity index (χ0n) is 10.8. The second-order valence-corrected chi connectivity index (χ2v) is 6.39. The molecule has 0 fully saturated rings. The summed E-state index contributed by atoms with van der Waals surface area (Å²) >= 11 is 2.99. The van der Waals surface area contributed by atoms with Gasteiger partial charge in [-0.05, 0) is 29.6 Å². The van der Waals surface area contributed by atoms with Gasteiger partial charge < -0.3 is 0 Å². The molecule has 0 aliphatic rings. The van der Waals surface area contributed by atoms with Crippen LogP contribution in [0.2, 0.25) is 0 Å². The number of para-hydroxylation sites is 1. The third kappa shape index (κ3) is 2.18. The Labute approximate surface area is 128 Å².